The summed E-state index contributed by atoms with van der Waals surface area (Å²) in [5, 5.41) is 4.01. The van der Waals surface area contributed by atoms with Crippen molar-refractivity contribution in [2.75, 3.05) is 6.61 Å². The van der Waals surface area contributed by atoms with Crippen molar-refractivity contribution in [2.45, 2.75) is 19.9 Å². The van der Waals surface area contributed by atoms with Gasteiger partial charge in [-0.05, 0) is 25.5 Å². The Hall–Kier alpha value is -2.21. The molecule has 0 saturated heterocycles. The fourth-order valence-electron chi connectivity index (χ4n) is 1.91. The quantitative estimate of drug-likeness (QED) is 0.870. The van der Waals surface area contributed by atoms with Gasteiger partial charge < -0.3 is 10.5 Å². The molecule has 2 N–H and O–H groups in total. The van der Waals surface area contributed by atoms with Crippen LogP contribution in [-0.4, -0.2) is 22.4 Å². The van der Waals surface area contributed by atoms with E-state index in [1.54, 1.807) is 26.0 Å². The first kappa shape index (κ1) is 14.2. The third-order valence-electron chi connectivity index (χ3n) is 2.83. The number of carbonyl (C=O) groups excluding carboxylic acids is 1. The lowest BCUT2D eigenvalue weighted by Crippen LogP contribution is -2.12. The SMILES string of the molecule is CCOC(=O)c1cnn(-c2c(F)cccc2[C@H](C)N)c1. The zero-order valence-corrected chi connectivity index (χ0v) is 11.3. The van der Waals surface area contributed by atoms with Crippen LogP contribution in [0.4, 0.5) is 4.39 Å². The Kier molecular flexibility index (Phi) is 4.14. The Morgan fingerprint density at radius 3 is 2.95 bits per heavy atom. The van der Waals surface area contributed by atoms with Gasteiger partial charge in [0.15, 0.2) is 0 Å². The van der Waals surface area contributed by atoms with E-state index in [1.165, 1.54) is 23.1 Å². The summed E-state index contributed by atoms with van der Waals surface area (Å²) in [5.74, 6) is -0.934. The molecule has 106 valence electrons. The molecular weight excluding hydrogens is 261 g/mol. The second-order valence-corrected chi connectivity index (χ2v) is 4.36. The van der Waals surface area contributed by atoms with E-state index in [9.17, 15) is 9.18 Å². The maximum Gasteiger partial charge on any atom is 0.341 e. The molecule has 2 aromatic rings. The highest BCUT2D eigenvalue weighted by Crippen LogP contribution is 2.23. The molecular formula is C14H16FN3O2. The van der Waals surface area contributed by atoms with Gasteiger partial charge in [-0.2, -0.15) is 5.10 Å². The number of hydrogen-bond donors (Lipinski definition) is 1. The normalized spacial score (nSPS) is 12.2. The zero-order valence-electron chi connectivity index (χ0n) is 11.3. The lowest BCUT2D eigenvalue weighted by Gasteiger charge is -2.13. The molecule has 1 atom stereocenters. The van der Waals surface area contributed by atoms with Gasteiger partial charge in [-0.25, -0.2) is 13.9 Å². The summed E-state index contributed by atoms with van der Waals surface area (Å²) in [5.41, 5.74) is 6.97. The summed E-state index contributed by atoms with van der Waals surface area (Å²) in [4.78, 5) is 11.6. The Bertz CT molecular complexity index is 623. The van der Waals surface area contributed by atoms with Crippen LogP contribution in [0.2, 0.25) is 0 Å². The third kappa shape index (κ3) is 2.70. The Morgan fingerprint density at radius 2 is 2.30 bits per heavy atom. The number of benzene rings is 1. The number of carbonyl (C=O) groups is 1. The molecule has 0 unspecified atom stereocenters. The molecule has 0 amide bonds. The van der Waals surface area contributed by atoms with Gasteiger partial charge >= 0.3 is 5.97 Å². The van der Waals surface area contributed by atoms with E-state index < -0.39 is 11.8 Å². The van der Waals surface area contributed by atoms with Crippen molar-refractivity contribution in [1.29, 1.82) is 0 Å². The van der Waals surface area contributed by atoms with Crippen LogP contribution in [0.5, 0.6) is 0 Å². The van der Waals surface area contributed by atoms with Crippen LogP contribution >= 0.6 is 0 Å². The fourth-order valence-corrected chi connectivity index (χ4v) is 1.91. The number of esters is 1. The monoisotopic (exact) mass is 277 g/mol. The average Bonchev–Trinajstić information content (AvgIpc) is 2.88. The molecule has 1 heterocycles. The van der Waals surface area contributed by atoms with Crippen molar-refractivity contribution in [1.82, 2.24) is 9.78 Å². The summed E-state index contributed by atoms with van der Waals surface area (Å²) in [6, 6.07) is 4.30. The van der Waals surface area contributed by atoms with Crippen LogP contribution in [0.1, 0.15) is 35.8 Å². The molecule has 0 aliphatic heterocycles. The minimum absolute atomic E-state index is 0.248. The fraction of sp³-hybridized carbons (Fsp3) is 0.286. The predicted molar refractivity (Wildman–Crippen MR) is 72.1 cm³/mol. The van der Waals surface area contributed by atoms with Crippen LogP contribution < -0.4 is 5.73 Å². The van der Waals surface area contributed by atoms with Crippen LogP contribution in [0.15, 0.2) is 30.6 Å². The second kappa shape index (κ2) is 5.83. The van der Waals surface area contributed by atoms with E-state index in [0.717, 1.165) is 0 Å². The summed E-state index contributed by atoms with van der Waals surface area (Å²) in [6.07, 6.45) is 2.78. The predicted octanol–water partition coefficient (Wildman–Crippen LogP) is 2.21. The number of nitrogens with zero attached hydrogens (tertiary/aromatic N) is 2. The van der Waals surface area contributed by atoms with Crippen LogP contribution in [0.25, 0.3) is 5.69 Å². The largest absolute Gasteiger partial charge is 0.462 e. The summed E-state index contributed by atoms with van der Waals surface area (Å²) < 4.78 is 20.2. The van der Waals surface area contributed by atoms with E-state index in [4.69, 9.17) is 10.5 Å². The van der Waals surface area contributed by atoms with E-state index in [1.807, 2.05) is 0 Å². The molecule has 0 radical (unpaired) electrons. The molecule has 1 aromatic carbocycles. The van der Waals surface area contributed by atoms with Crippen molar-refractivity contribution in [3.8, 4) is 5.69 Å². The number of halogens is 1. The summed E-state index contributed by atoms with van der Waals surface area (Å²) >= 11 is 0. The van der Waals surface area contributed by atoms with Gasteiger partial charge in [-0.3, -0.25) is 0 Å². The van der Waals surface area contributed by atoms with Crippen LogP contribution in [-0.2, 0) is 4.74 Å². The van der Waals surface area contributed by atoms with Gasteiger partial charge in [0.1, 0.15) is 11.5 Å². The molecule has 0 aliphatic rings. The highest BCUT2D eigenvalue weighted by molar-refractivity contribution is 5.88. The van der Waals surface area contributed by atoms with Gasteiger partial charge in [0.05, 0.1) is 18.4 Å². The first-order valence-electron chi connectivity index (χ1n) is 6.30. The van der Waals surface area contributed by atoms with E-state index in [2.05, 4.69) is 5.10 Å². The second-order valence-electron chi connectivity index (χ2n) is 4.36. The van der Waals surface area contributed by atoms with E-state index in [0.29, 0.717) is 5.56 Å². The van der Waals surface area contributed by atoms with Crippen molar-refractivity contribution >= 4 is 5.97 Å². The topological polar surface area (TPSA) is 70.1 Å². The minimum atomic E-state index is -0.488. The Morgan fingerprint density at radius 1 is 1.55 bits per heavy atom. The molecule has 0 fully saturated rings. The smallest absolute Gasteiger partial charge is 0.341 e. The third-order valence-corrected chi connectivity index (χ3v) is 2.83. The van der Waals surface area contributed by atoms with Crippen molar-refractivity contribution in [3.63, 3.8) is 0 Å². The first-order chi connectivity index (χ1) is 9.54. The number of aromatic nitrogens is 2. The van der Waals surface area contributed by atoms with Gasteiger partial charge in [0.25, 0.3) is 0 Å². The molecule has 20 heavy (non-hydrogen) atoms. The molecule has 2 rings (SSSR count). The molecule has 0 bridgehead atoms. The van der Waals surface area contributed by atoms with E-state index in [-0.39, 0.29) is 23.9 Å². The van der Waals surface area contributed by atoms with Gasteiger partial charge in [0.2, 0.25) is 0 Å². The van der Waals surface area contributed by atoms with Gasteiger partial charge in [0, 0.05) is 12.2 Å². The molecule has 0 saturated carbocycles. The van der Waals surface area contributed by atoms with Gasteiger partial charge in [-0.15, -0.1) is 0 Å². The van der Waals surface area contributed by atoms with E-state index >= 15 is 0 Å². The standard InChI is InChI=1S/C14H16FN3O2/c1-3-20-14(19)10-7-17-18(8-10)13-11(9(2)16)5-4-6-12(13)15/h4-9H,3,16H2,1-2H3/t9-/m0/s1. The zero-order chi connectivity index (χ0) is 14.7. The molecule has 1 aromatic heterocycles. The average molecular weight is 277 g/mol. The maximum absolute atomic E-state index is 14.0. The number of hydrogen-bond acceptors (Lipinski definition) is 4. The van der Waals surface area contributed by atoms with Crippen LogP contribution in [0.3, 0.4) is 0 Å². The highest BCUT2D eigenvalue weighted by atomic mass is 19.1. The number of para-hydroxylation sites is 1. The van der Waals surface area contributed by atoms with Crippen molar-refractivity contribution in [2.24, 2.45) is 5.73 Å². The first-order valence-corrected chi connectivity index (χ1v) is 6.30. The number of rotatable bonds is 4. The highest BCUT2D eigenvalue weighted by Gasteiger charge is 2.16. The number of ether oxygens (including phenoxy) is 1. The van der Waals surface area contributed by atoms with Crippen molar-refractivity contribution < 1.29 is 13.9 Å². The Labute approximate surface area is 116 Å². The lowest BCUT2D eigenvalue weighted by atomic mass is 10.1. The molecule has 6 heteroatoms. The number of nitrogens with two attached hydrogens (primary N) is 1. The summed E-state index contributed by atoms with van der Waals surface area (Å²) in [7, 11) is 0. The molecule has 0 aliphatic carbocycles. The molecule has 5 nitrogen and oxygen atoms in total. The lowest BCUT2D eigenvalue weighted by molar-refractivity contribution is 0.0526. The summed E-state index contributed by atoms with van der Waals surface area (Å²) in [6.45, 7) is 3.75. The van der Waals surface area contributed by atoms with Crippen LogP contribution in [0, 0.1) is 5.82 Å². The maximum atomic E-state index is 14.0. The molecule has 0 spiro atoms. The minimum Gasteiger partial charge on any atom is -0.462 e. The van der Waals surface area contributed by atoms with Gasteiger partial charge in [-0.1, -0.05) is 12.1 Å². The Balaban J connectivity index is 2.45. The van der Waals surface area contributed by atoms with Crippen molar-refractivity contribution in [3.05, 3.63) is 47.5 Å².